The topological polar surface area (TPSA) is 88.6 Å². The number of halogens is 9. The first kappa shape index (κ1) is 26.9. The van der Waals surface area contributed by atoms with Crippen molar-refractivity contribution in [3.8, 4) is 0 Å². The van der Waals surface area contributed by atoms with Crippen molar-refractivity contribution in [1.29, 1.82) is 0 Å². The highest BCUT2D eigenvalue weighted by molar-refractivity contribution is 8.05. The second kappa shape index (κ2) is 7.37. The summed E-state index contributed by atoms with van der Waals surface area (Å²) in [7, 11) is -7.11. The number of amides is 1. The molecule has 0 spiro atoms. The Balaban J connectivity index is 0. The maximum absolute atomic E-state index is 12.0. The molecule has 26 heavy (non-hydrogen) atoms. The molecular weight excluding hydrogens is 439 g/mol. The number of nitrogens with zero attached hydrogens (tertiary/aromatic N) is 2. The molecule has 0 aliphatic carbocycles. The zero-order chi connectivity index (χ0) is 22.2. The summed E-state index contributed by atoms with van der Waals surface area (Å²) in [6, 6.07) is 0. The van der Waals surface area contributed by atoms with Crippen molar-refractivity contribution in [3.05, 3.63) is 0 Å². The molecule has 0 N–H and O–H groups in total. The summed E-state index contributed by atoms with van der Waals surface area (Å²) in [5.74, 6) is -4.39. The third kappa shape index (κ3) is 7.14. The van der Waals surface area contributed by atoms with Crippen LogP contribution in [0.15, 0.2) is 0 Å². The van der Waals surface area contributed by atoms with Crippen LogP contribution in [0.3, 0.4) is 0 Å². The van der Waals surface area contributed by atoms with Crippen molar-refractivity contribution in [1.82, 2.24) is 3.71 Å². The van der Waals surface area contributed by atoms with E-state index in [4.69, 9.17) is 0 Å². The van der Waals surface area contributed by atoms with Crippen LogP contribution in [-0.2, 0) is 24.8 Å². The highest BCUT2D eigenvalue weighted by Gasteiger charge is 2.67. The Hall–Kier alpha value is -1.30. The second-order valence-electron chi connectivity index (χ2n) is 5.58. The molecule has 1 amide bonds. The van der Waals surface area contributed by atoms with Gasteiger partial charge in [0.15, 0.2) is 0 Å². The molecule has 0 aliphatic rings. The van der Waals surface area contributed by atoms with Gasteiger partial charge in [-0.05, 0) is 0 Å². The van der Waals surface area contributed by atoms with Gasteiger partial charge in [-0.3, -0.25) is 4.79 Å². The minimum Gasteiger partial charge on any atom is -0.333 e. The Bertz CT molecular complexity index is 663. The van der Waals surface area contributed by atoms with Crippen LogP contribution in [0.5, 0.6) is 0 Å². The number of carbonyl (C=O) groups excluding carboxylic acids is 1. The van der Waals surface area contributed by atoms with Crippen molar-refractivity contribution in [2.24, 2.45) is 0 Å². The Morgan fingerprint density at radius 1 is 0.692 bits per heavy atom. The lowest BCUT2D eigenvalue weighted by Gasteiger charge is -2.24. The smallest absolute Gasteiger partial charge is 0.333 e. The van der Waals surface area contributed by atoms with E-state index in [-0.39, 0.29) is 0 Å². The first-order chi connectivity index (χ1) is 10.8. The quantitative estimate of drug-likeness (QED) is 0.468. The van der Waals surface area contributed by atoms with Gasteiger partial charge in [-0.15, -0.1) is 3.71 Å². The van der Waals surface area contributed by atoms with Gasteiger partial charge in [-0.2, -0.15) is 56.3 Å². The zero-order valence-corrected chi connectivity index (χ0v) is 14.8. The second-order valence-corrected chi connectivity index (χ2v) is 9.37. The predicted octanol–water partition coefficient (Wildman–Crippen LogP) is 1.40. The number of sulfonamides is 2. The Morgan fingerprint density at radius 3 is 1.00 bits per heavy atom. The molecule has 0 aromatic heterocycles. The molecule has 0 saturated carbocycles. The van der Waals surface area contributed by atoms with Gasteiger partial charge in [0.05, 0.1) is 28.2 Å². The average Bonchev–Trinajstić information content (AvgIpc) is 2.20. The summed E-state index contributed by atoms with van der Waals surface area (Å²) < 4.78 is 147. The van der Waals surface area contributed by atoms with E-state index in [1.54, 1.807) is 0 Å². The number of rotatable bonds is 2. The molecule has 18 heteroatoms. The molecule has 0 fully saturated rings. The van der Waals surface area contributed by atoms with Gasteiger partial charge in [0.25, 0.3) is 0 Å². The van der Waals surface area contributed by atoms with Gasteiger partial charge in [0, 0.05) is 0 Å². The minimum atomic E-state index is -7.81. The minimum absolute atomic E-state index is 1.00. The molecule has 0 bridgehead atoms. The number of hydrogen-bond donors (Lipinski definition) is 0. The Kier molecular flexibility index (Phi) is 7.63. The summed E-state index contributed by atoms with van der Waals surface area (Å²) in [5, 5.41) is 0. The van der Waals surface area contributed by atoms with Gasteiger partial charge in [0.2, 0.25) is 0 Å². The molecule has 7 nitrogen and oxygen atoms in total. The fourth-order valence-electron chi connectivity index (χ4n) is 0.639. The van der Waals surface area contributed by atoms with E-state index in [9.17, 15) is 61.1 Å². The standard InChI is InChI=1S/C4F9NO5S2.C4H12N/c5-2(6,7)1(15)14(20(16,17)3(8,9)10)21(18,19)4(11,12)13;1-5(2,3)4/h;1-4H3/q;+1. The third-order valence-corrected chi connectivity index (χ3v) is 4.98. The van der Waals surface area contributed by atoms with Gasteiger partial charge >= 0.3 is 43.1 Å². The first-order valence-corrected chi connectivity index (χ1v) is 8.49. The van der Waals surface area contributed by atoms with E-state index in [0.717, 1.165) is 4.48 Å². The molecule has 0 saturated heterocycles. The van der Waals surface area contributed by atoms with Crippen molar-refractivity contribution in [2.45, 2.75) is 17.2 Å². The molecule has 0 aliphatic heterocycles. The van der Waals surface area contributed by atoms with Crippen molar-refractivity contribution >= 4 is 26.0 Å². The summed E-state index contributed by atoms with van der Waals surface area (Å²) in [4.78, 5) is 10.4. The molecule has 0 unspecified atom stereocenters. The lowest BCUT2D eigenvalue weighted by Crippen LogP contribution is -2.55. The Morgan fingerprint density at radius 2 is 0.885 bits per heavy atom. The molecule has 0 aromatic carbocycles. The van der Waals surface area contributed by atoms with Crippen LogP contribution in [0.1, 0.15) is 0 Å². The SMILES string of the molecule is C[N+](C)(C)C.O=C(N(S(=O)(=O)C(F)(F)F)S(=O)(=O)C(F)(F)F)C(F)(F)F. The number of alkyl halides is 9. The molecule has 0 rings (SSSR count). The maximum Gasteiger partial charge on any atom is 0.517 e. The maximum atomic E-state index is 12.0. The molecule has 0 radical (unpaired) electrons. The monoisotopic (exact) mass is 451 g/mol. The highest BCUT2D eigenvalue weighted by atomic mass is 32.3. The van der Waals surface area contributed by atoms with E-state index in [2.05, 4.69) is 28.2 Å². The predicted molar refractivity (Wildman–Crippen MR) is 66.8 cm³/mol. The Labute approximate surface area is 141 Å². The van der Waals surface area contributed by atoms with Crippen LogP contribution < -0.4 is 0 Å². The van der Waals surface area contributed by atoms with Crippen LogP contribution in [-0.4, -0.2) is 76.3 Å². The first-order valence-electron chi connectivity index (χ1n) is 5.61. The lowest BCUT2D eigenvalue weighted by molar-refractivity contribution is -0.849. The number of quaternary nitrogens is 1. The van der Waals surface area contributed by atoms with Crippen molar-refractivity contribution < 1.29 is 65.6 Å². The summed E-state index contributed by atoms with van der Waals surface area (Å²) in [6.45, 7) is 0. The van der Waals surface area contributed by atoms with Crippen LogP contribution in [0, 0.1) is 0 Å². The highest BCUT2D eigenvalue weighted by Crippen LogP contribution is 2.37. The van der Waals surface area contributed by atoms with Gasteiger partial charge in [-0.25, -0.2) is 0 Å². The lowest BCUT2D eigenvalue weighted by atomic mass is 10.6. The third-order valence-electron chi connectivity index (χ3n) is 1.43. The van der Waals surface area contributed by atoms with E-state index in [0.29, 0.717) is 0 Å². The largest absolute Gasteiger partial charge is 0.517 e. The van der Waals surface area contributed by atoms with Crippen LogP contribution >= 0.6 is 0 Å². The summed E-state index contributed by atoms with van der Waals surface area (Å²) in [5.41, 5.74) is -13.8. The molecule has 158 valence electrons. The summed E-state index contributed by atoms with van der Waals surface area (Å²) >= 11 is 0. The summed E-state index contributed by atoms with van der Waals surface area (Å²) in [6.07, 6.45) is -6.64. The fraction of sp³-hybridized carbons (Fsp3) is 0.875. The van der Waals surface area contributed by atoms with Gasteiger partial charge in [0.1, 0.15) is 0 Å². The zero-order valence-electron chi connectivity index (χ0n) is 13.2. The van der Waals surface area contributed by atoms with E-state index < -0.39 is 46.9 Å². The van der Waals surface area contributed by atoms with Crippen LogP contribution in [0.4, 0.5) is 39.5 Å². The van der Waals surface area contributed by atoms with E-state index in [1.165, 1.54) is 0 Å². The average molecular weight is 451 g/mol. The molecule has 0 atom stereocenters. The number of hydrogen-bond acceptors (Lipinski definition) is 5. The number of carbonyl (C=O) groups is 1. The normalized spacial score (nSPS) is 14.3. The van der Waals surface area contributed by atoms with Crippen molar-refractivity contribution in [3.63, 3.8) is 0 Å². The molecule has 0 aromatic rings. The van der Waals surface area contributed by atoms with E-state index in [1.807, 2.05) is 0 Å². The fourth-order valence-corrected chi connectivity index (χ4v) is 3.20. The van der Waals surface area contributed by atoms with Gasteiger partial charge in [-0.1, -0.05) is 0 Å². The van der Waals surface area contributed by atoms with Crippen LogP contribution in [0.25, 0.3) is 0 Å². The van der Waals surface area contributed by atoms with Gasteiger partial charge < -0.3 is 4.48 Å². The molecular formula is C8H12F9N2O5S2+. The molecule has 0 heterocycles. The van der Waals surface area contributed by atoms with Crippen LogP contribution in [0.2, 0.25) is 0 Å². The van der Waals surface area contributed by atoms with Crippen molar-refractivity contribution in [2.75, 3.05) is 28.2 Å². The van der Waals surface area contributed by atoms with E-state index >= 15 is 0 Å².